The third kappa shape index (κ3) is 3.83. The van der Waals surface area contributed by atoms with Crippen molar-refractivity contribution >= 4 is 23.5 Å². The maximum Gasteiger partial charge on any atom is 0.270 e. The smallest absolute Gasteiger partial charge is 0.270 e. The minimum Gasteiger partial charge on any atom is -0.300 e. The van der Waals surface area contributed by atoms with Gasteiger partial charge in [0, 0.05) is 36.7 Å². The van der Waals surface area contributed by atoms with Crippen LogP contribution in [0.15, 0.2) is 34.2 Å². The maximum atomic E-state index is 12.1. The Hall–Kier alpha value is -1.75. The Morgan fingerprint density at radius 2 is 2.21 bits per heavy atom. The molecule has 1 aromatic heterocycles. The maximum absolute atomic E-state index is 12.1. The van der Waals surface area contributed by atoms with Gasteiger partial charge in [0.1, 0.15) is 11.6 Å². The highest BCUT2D eigenvalue weighted by Gasteiger charge is 2.15. The Labute approximate surface area is 149 Å². The van der Waals surface area contributed by atoms with Crippen LogP contribution in [-0.4, -0.2) is 45.7 Å². The molecule has 1 aliphatic heterocycles. The molecule has 1 fully saturated rings. The fraction of sp³-hybridized carbons (Fsp3) is 0.353. The molecule has 0 amide bonds. The summed E-state index contributed by atoms with van der Waals surface area (Å²) >= 11 is 3.35. The highest BCUT2D eigenvalue weighted by molar-refractivity contribution is 7.99. The lowest BCUT2D eigenvalue weighted by Gasteiger charge is -2.26. The van der Waals surface area contributed by atoms with Crippen LogP contribution in [0.5, 0.6) is 0 Å². The first kappa shape index (κ1) is 17.1. The number of nitrogens with one attached hydrogen (secondary N) is 1. The number of H-pyrrole nitrogens is 1. The number of thioether (sulfide) groups is 2. The number of hydrogen-bond donors (Lipinski definition) is 1. The van der Waals surface area contributed by atoms with E-state index in [1.54, 1.807) is 0 Å². The Bertz CT molecular complexity index is 822. The van der Waals surface area contributed by atoms with Crippen LogP contribution in [0.25, 0.3) is 11.3 Å². The number of benzene rings is 1. The zero-order valence-corrected chi connectivity index (χ0v) is 15.0. The first-order chi connectivity index (χ1) is 11.7. The molecule has 2 aromatic rings. The van der Waals surface area contributed by atoms with Gasteiger partial charge in [-0.1, -0.05) is 30.0 Å². The predicted octanol–water partition coefficient (Wildman–Crippen LogP) is 2.58. The van der Waals surface area contributed by atoms with Crippen molar-refractivity contribution in [3.63, 3.8) is 0 Å². The van der Waals surface area contributed by atoms with Crippen molar-refractivity contribution in [3.8, 4) is 17.3 Å². The molecule has 0 saturated carbocycles. The second-order valence-corrected chi connectivity index (χ2v) is 7.52. The van der Waals surface area contributed by atoms with Gasteiger partial charge in [-0.15, -0.1) is 0 Å². The Balaban J connectivity index is 1.95. The van der Waals surface area contributed by atoms with Crippen molar-refractivity contribution in [2.75, 3.05) is 30.9 Å². The lowest BCUT2D eigenvalue weighted by molar-refractivity contribution is 0.294. The standard InChI is InChI=1S/C17H18N4OS2/c1-23-17-19-15(14(10-18)16(22)20-17)13-4-2-3-12(9-13)11-21-5-7-24-8-6-21/h2-4,9H,5-8,11H2,1H3,(H,19,20,22). The van der Waals surface area contributed by atoms with Gasteiger partial charge in [-0.25, -0.2) is 4.98 Å². The minimum atomic E-state index is -0.384. The van der Waals surface area contributed by atoms with Gasteiger partial charge in [0.2, 0.25) is 0 Å². The fourth-order valence-electron chi connectivity index (χ4n) is 2.70. The van der Waals surface area contributed by atoms with Crippen molar-refractivity contribution in [2.24, 2.45) is 0 Å². The van der Waals surface area contributed by atoms with E-state index in [9.17, 15) is 10.1 Å². The summed E-state index contributed by atoms with van der Waals surface area (Å²) in [6.45, 7) is 3.07. The first-order valence-corrected chi connectivity index (χ1v) is 10.1. The third-order valence-electron chi connectivity index (χ3n) is 3.91. The minimum absolute atomic E-state index is 0.0688. The van der Waals surface area contributed by atoms with Gasteiger partial charge in [-0.05, 0) is 17.9 Å². The number of hydrogen-bond acceptors (Lipinski definition) is 6. The molecule has 5 nitrogen and oxygen atoms in total. The van der Waals surface area contributed by atoms with Crippen LogP contribution in [0.3, 0.4) is 0 Å². The quantitative estimate of drug-likeness (QED) is 0.669. The molecule has 0 aliphatic carbocycles. The molecule has 0 bridgehead atoms. The van der Waals surface area contributed by atoms with Crippen LogP contribution in [0.4, 0.5) is 0 Å². The predicted molar refractivity (Wildman–Crippen MR) is 99.4 cm³/mol. The summed E-state index contributed by atoms with van der Waals surface area (Å²) in [4.78, 5) is 21.6. The lowest BCUT2D eigenvalue weighted by atomic mass is 10.0. The van der Waals surface area contributed by atoms with Gasteiger partial charge in [-0.2, -0.15) is 17.0 Å². The van der Waals surface area contributed by atoms with Crippen LogP contribution >= 0.6 is 23.5 Å². The molecule has 0 atom stereocenters. The number of nitriles is 1. The molecule has 24 heavy (non-hydrogen) atoms. The molecular weight excluding hydrogens is 340 g/mol. The molecule has 1 N–H and O–H groups in total. The first-order valence-electron chi connectivity index (χ1n) is 7.69. The highest BCUT2D eigenvalue weighted by atomic mass is 32.2. The van der Waals surface area contributed by atoms with Gasteiger partial charge >= 0.3 is 0 Å². The van der Waals surface area contributed by atoms with Crippen molar-refractivity contribution in [1.82, 2.24) is 14.9 Å². The van der Waals surface area contributed by atoms with E-state index in [2.05, 4.69) is 20.9 Å². The largest absolute Gasteiger partial charge is 0.300 e. The van der Waals surface area contributed by atoms with Gasteiger partial charge < -0.3 is 4.98 Å². The Morgan fingerprint density at radius 3 is 2.92 bits per heavy atom. The van der Waals surface area contributed by atoms with Gasteiger partial charge in [0.15, 0.2) is 5.16 Å². The molecular formula is C17H18N4OS2. The highest BCUT2D eigenvalue weighted by Crippen LogP contribution is 2.23. The van der Waals surface area contributed by atoms with E-state index < -0.39 is 0 Å². The zero-order chi connectivity index (χ0) is 16.9. The van der Waals surface area contributed by atoms with E-state index in [0.717, 1.165) is 25.2 Å². The molecule has 0 unspecified atom stereocenters. The van der Waals surface area contributed by atoms with Gasteiger partial charge in [0.05, 0.1) is 5.69 Å². The number of rotatable bonds is 4. The van der Waals surface area contributed by atoms with Crippen LogP contribution in [-0.2, 0) is 6.54 Å². The van der Waals surface area contributed by atoms with Crippen LogP contribution < -0.4 is 5.56 Å². The number of nitrogens with zero attached hydrogens (tertiary/aromatic N) is 3. The topological polar surface area (TPSA) is 72.8 Å². The molecule has 2 heterocycles. The third-order valence-corrected chi connectivity index (χ3v) is 5.44. The van der Waals surface area contributed by atoms with E-state index in [1.165, 1.54) is 28.8 Å². The summed E-state index contributed by atoms with van der Waals surface area (Å²) in [5.74, 6) is 2.34. The molecule has 0 spiro atoms. The second-order valence-electron chi connectivity index (χ2n) is 5.50. The molecule has 1 aromatic carbocycles. The van der Waals surface area contributed by atoms with E-state index in [1.807, 2.05) is 42.3 Å². The van der Waals surface area contributed by atoms with E-state index >= 15 is 0 Å². The summed E-state index contributed by atoms with van der Waals surface area (Å²) in [6.07, 6.45) is 1.85. The summed E-state index contributed by atoms with van der Waals surface area (Å²) in [7, 11) is 0. The van der Waals surface area contributed by atoms with Crippen molar-refractivity contribution in [1.29, 1.82) is 5.26 Å². The van der Waals surface area contributed by atoms with E-state index in [-0.39, 0.29) is 11.1 Å². The number of aromatic amines is 1. The Kier molecular flexibility index (Phi) is 5.61. The molecule has 1 aliphatic rings. The lowest BCUT2D eigenvalue weighted by Crippen LogP contribution is -2.31. The van der Waals surface area contributed by atoms with Crippen LogP contribution in [0, 0.1) is 11.3 Å². The fourth-order valence-corrected chi connectivity index (χ4v) is 4.05. The van der Waals surface area contributed by atoms with E-state index in [0.29, 0.717) is 10.9 Å². The molecule has 0 radical (unpaired) electrons. The van der Waals surface area contributed by atoms with Crippen LogP contribution in [0.2, 0.25) is 0 Å². The molecule has 124 valence electrons. The number of aromatic nitrogens is 2. The molecule has 7 heteroatoms. The average Bonchev–Trinajstić information content (AvgIpc) is 2.62. The summed E-state index contributed by atoms with van der Waals surface area (Å²) in [5, 5.41) is 9.85. The molecule has 3 rings (SSSR count). The van der Waals surface area contributed by atoms with Crippen LogP contribution in [0.1, 0.15) is 11.1 Å². The Morgan fingerprint density at radius 1 is 1.42 bits per heavy atom. The van der Waals surface area contributed by atoms with Gasteiger partial charge in [-0.3, -0.25) is 9.69 Å². The van der Waals surface area contributed by atoms with E-state index in [4.69, 9.17) is 0 Å². The average molecular weight is 358 g/mol. The monoisotopic (exact) mass is 358 g/mol. The van der Waals surface area contributed by atoms with Crippen molar-refractivity contribution in [2.45, 2.75) is 11.7 Å². The zero-order valence-electron chi connectivity index (χ0n) is 13.4. The second kappa shape index (κ2) is 7.88. The summed E-state index contributed by atoms with van der Waals surface area (Å²) in [6, 6.07) is 9.97. The van der Waals surface area contributed by atoms with Crippen molar-refractivity contribution in [3.05, 3.63) is 45.7 Å². The molecule has 1 saturated heterocycles. The summed E-state index contributed by atoms with van der Waals surface area (Å²) < 4.78 is 0. The SMILES string of the molecule is CSc1nc(-c2cccc(CN3CCSCC3)c2)c(C#N)c(=O)[nH]1. The normalized spacial score (nSPS) is 15.2. The summed E-state index contributed by atoms with van der Waals surface area (Å²) in [5.41, 5.74) is 2.14. The van der Waals surface area contributed by atoms with Crippen molar-refractivity contribution < 1.29 is 0 Å². The van der Waals surface area contributed by atoms with Gasteiger partial charge in [0.25, 0.3) is 5.56 Å².